The first-order valence-electron chi connectivity index (χ1n) is 6.64. The maximum Gasteiger partial charge on any atom is 0.263 e. The van der Waals surface area contributed by atoms with Gasteiger partial charge in [0.15, 0.2) is 5.65 Å². The van der Waals surface area contributed by atoms with E-state index in [0.717, 1.165) is 19.4 Å². The van der Waals surface area contributed by atoms with Crippen molar-refractivity contribution in [2.75, 3.05) is 18.1 Å². The fraction of sp³-hybridized carbons (Fsp3) is 0.583. The molecule has 1 saturated heterocycles. The molecule has 7 nitrogen and oxygen atoms in total. The Morgan fingerprint density at radius 3 is 3.32 bits per heavy atom. The number of hydrogen-bond donors (Lipinski definition) is 2. The van der Waals surface area contributed by atoms with Gasteiger partial charge in [-0.05, 0) is 19.3 Å². The number of nitrogens with one attached hydrogen (secondary N) is 2. The lowest BCUT2D eigenvalue weighted by molar-refractivity contribution is 0.0250. The summed E-state index contributed by atoms with van der Waals surface area (Å²) in [5, 5.41) is 7.12. The third-order valence-electron chi connectivity index (χ3n) is 4.06. The highest BCUT2D eigenvalue weighted by Crippen LogP contribution is 2.31. The summed E-state index contributed by atoms with van der Waals surface area (Å²) in [5.74, 6) is 0.627. The zero-order valence-corrected chi connectivity index (χ0v) is 10.4. The zero-order chi connectivity index (χ0) is 12.8. The van der Waals surface area contributed by atoms with E-state index >= 15 is 0 Å². The van der Waals surface area contributed by atoms with Crippen molar-refractivity contribution in [3.63, 3.8) is 0 Å². The summed E-state index contributed by atoms with van der Waals surface area (Å²) in [6.45, 7) is 1.45. The van der Waals surface area contributed by atoms with Crippen LogP contribution >= 0.6 is 0 Å². The number of ether oxygens (including phenoxy) is 1. The highest BCUT2D eigenvalue weighted by Gasteiger charge is 2.37. The van der Waals surface area contributed by atoms with Gasteiger partial charge in [0, 0.05) is 6.54 Å². The molecule has 19 heavy (non-hydrogen) atoms. The van der Waals surface area contributed by atoms with Gasteiger partial charge in [0.05, 0.1) is 24.9 Å². The van der Waals surface area contributed by atoms with Crippen LogP contribution in [-0.4, -0.2) is 45.5 Å². The average molecular weight is 261 g/mol. The van der Waals surface area contributed by atoms with E-state index in [1.54, 1.807) is 0 Å². The van der Waals surface area contributed by atoms with Crippen molar-refractivity contribution in [3.8, 4) is 0 Å². The summed E-state index contributed by atoms with van der Waals surface area (Å²) in [7, 11) is 0. The predicted molar refractivity (Wildman–Crippen MR) is 69.2 cm³/mol. The molecule has 4 rings (SSSR count). The van der Waals surface area contributed by atoms with Crippen LogP contribution in [0.3, 0.4) is 0 Å². The van der Waals surface area contributed by atoms with Crippen molar-refractivity contribution >= 4 is 17.0 Å². The number of morpholine rings is 1. The molecule has 2 atom stereocenters. The third-order valence-corrected chi connectivity index (χ3v) is 4.06. The first kappa shape index (κ1) is 11.0. The highest BCUT2D eigenvalue weighted by molar-refractivity contribution is 5.73. The molecular formula is C12H15N5O2. The molecule has 100 valence electrons. The average Bonchev–Trinajstić information content (AvgIpc) is 3.06. The Morgan fingerprint density at radius 1 is 1.42 bits per heavy atom. The van der Waals surface area contributed by atoms with Crippen LogP contribution in [0, 0.1) is 0 Å². The predicted octanol–water partition coefficient (Wildman–Crippen LogP) is 0.404. The molecule has 0 radical (unpaired) electrons. The van der Waals surface area contributed by atoms with Gasteiger partial charge in [-0.15, -0.1) is 0 Å². The van der Waals surface area contributed by atoms with E-state index in [1.165, 1.54) is 12.6 Å². The minimum Gasteiger partial charge on any atom is -0.374 e. The molecule has 2 N–H and O–H groups in total. The SMILES string of the molecule is O=c1[nH]c(N2CCOC3CCCC32)nc2[nH]ncc12. The molecule has 3 heterocycles. The van der Waals surface area contributed by atoms with Gasteiger partial charge in [-0.3, -0.25) is 14.9 Å². The Labute approximate surface area is 109 Å². The Bertz CT molecular complexity index is 663. The summed E-state index contributed by atoms with van der Waals surface area (Å²) < 4.78 is 5.77. The van der Waals surface area contributed by atoms with Crippen molar-refractivity contribution < 1.29 is 4.74 Å². The molecule has 2 unspecified atom stereocenters. The molecule has 7 heteroatoms. The van der Waals surface area contributed by atoms with Gasteiger partial charge in [-0.2, -0.15) is 10.1 Å². The highest BCUT2D eigenvalue weighted by atomic mass is 16.5. The molecule has 1 aliphatic heterocycles. The summed E-state index contributed by atoms with van der Waals surface area (Å²) in [6.07, 6.45) is 5.13. The molecular weight excluding hydrogens is 246 g/mol. The van der Waals surface area contributed by atoms with Crippen molar-refractivity contribution in [2.45, 2.75) is 31.4 Å². The Hall–Kier alpha value is -1.89. The van der Waals surface area contributed by atoms with E-state index in [9.17, 15) is 4.79 Å². The van der Waals surface area contributed by atoms with Crippen molar-refractivity contribution in [3.05, 3.63) is 16.6 Å². The lowest BCUT2D eigenvalue weighted by atomic mass is 10.1. The van der Waals surface area contributed by atoms with Crippen molar-refractivity contribution in [1.82, 2.24) is 20.2 Å². The fourth-order valence-electron chi connectivity index (χ4n) is 3.16. The van der Waals surface area contributed by atoms with Crippen molar-refractivity contribution in [2.24, 2.45) is 0 Å². The molecule has 0 aromatic carbocycles. The van der Waals surface area contributed by atoms with Crippen LogP contribution in [0.15, 0.2) is 11.0 Å². The number of aromatic amines is 2. The largest absolute Gasteiger partial charge is 0.374 e. The maximum absolute atomic E-state index is 12.0. The minimum atomic E-state index is -0.144. The molecule has 2 fully saturated rings. The normalized spacial score (nSPS) is 26.8. The zero-order valence-electron chi connectivity index (χ0n) is 10.4. The number of nitrogens with zero attached hydrogens (tertiary/aromatic N) is 3. The van der Waals surface area contributed by atoms with E-state index in [4.69, 9.17) is 4.74 Å². The third kappa shape index (κ3) is 1.65. The van der Waals surface area contributed by atoms with Gasteiger partial charge >= 0.3 is 0 Å². The molecule has 0 amide bonds. The topological polar surface area (TPSA) is 86.9 Å². The molecule has 1 aliphatic carbocycles. The van der Waals surface area contributed by atoms with E-state index in [2.05, 4.69) is 25.1 Å². The number of rotatable bonds is 1. The Balaban J connectivity index is 1.78. The molecule has 1 saturated carbocycles. The van der Waals surface area contributed by atoms with Crippen LogP contribution in [0.5, 0.6) is 0 Å². The van der Waals surface area contributed by atoms with Crippen LogP contribution in [0.4, 0.5) is 5.95 Å². The monoisotopic (exact) mass is 261 g/mol. The summed E-state index contributed by atoms with van der Waals surface area (Å²) in [4.78, 5) is 21.5. The van der Waals surface area contributed by atoms with E-state index in [1.807, 2.05) is 0 Å². The molecule has 2 aliphatic rings. The van der Waals surface area contributed by atoms with Gasteiger partial charge in [0.25, 0.3) is 5.56 Å². The Kier molecular flexibility index (Phi) is 2.34. The lowest BCUT2D eigenvalue weighted by Gasteiger charge is -2.37. The van der Waals surface area contributed by atoms with Crippen LogP contribution in [0.2, 0.25) is 0 Å². The molecule has 2 aromatic heterocycles. The first-order valence-corrected chi connectivity index (χ1v) is 6.64. The number of aromatic nitrogens is 4. The second-order valence-corrected chi connectivity index (χ2v) is 5.12. The summed E-state index contributed by atoms with van der Waals surface area (Å²) in [6, 6.07) is 0.331. The van der Waals surface area contributed by atoms with Crippen molar-refractivity contribution in [1.29, 1.82) is 0 Å². The van der Waals surface area contributed by atoms with Crippen LogP contribution < -0.4 is 10.5 Å². The lowest BCUT2D eigenvalue weighted by Crippen LogP contribution is -2.49. The summed E-state index contributed by atoms with van der Waals surface area (Å²) >= 11 is 0. The van der Waals surface area contributed by atoms with E-state index in [0.29, 0.717) is 29.6 Å². The van der Waals surface area contributed by atoms with Crippen LogP contribution in [0.1, 0.15) is 19.3 Å². The first-order chi connectivity index (χ1) is 9.33. The molecule has 2 aromatic rings. The van der Waals surface area contributed by atoms with Gasteiger partial charge in [0.1, 0.15) is 5.39 Å². The quantitative estimate of drug-likeness (QED) is 0.776. The smallest absolute Gasteiger partial charge is 0.263 e. The fourth-order valence-corrected chi connectivity index (χ4v) is 3.16. The Morgan fingerprint density at radius 2 is 2.37 bits per heavy atom. The number of hydrogen-bond acceptors (Lipinski definition) is 5. The van der Waals surface area contributed by atoms with Crippen LogP contribution in [-0.2, 0) is 4.74 Å². The second kappa shape index (κ2) is 4.06. The van der Waals surface area contributed by atoms with E-state index in [-0.39, 0.29) is 11.7 Å². The van der Waals surface area contributed by atoms with Gasteiger partial charge < -0.3 is 9.64 Å². The van der Waals surface area contributed by atoms with Gasteiger partial charge in [-0.1, -0.05) is 0 Å². The van der Waals surface area contributed by atoms with E-state index < -0.39 is 0 Å². The molecule has 0 bridgehead atoms. The standard InChI is InChI=1S/C12H15N5O2/c18-11-7-6-13-16-10(7)14-12(15-11)17-4-5-19-9-3-1-2-8(9)17/h6,8-9H,1-5H2,(H2,13,14,15,16,18). The number of H-pyrrole nitrogens is 2. The van der Waals surface area contributed by atoms with Gasteiger partial charge in [-0.25, -0.2) is 0 Å². The second-order valence-electron chi connectivity index (χ2n) is 5.12. The minimum absolute atomic E-state index is 0.144. The van der Waals surface area contributed by atoms with Gasteiger partial charge in [0.2, 0.25) is 5.95 Å². The molecule has 0 spiro atoms. The van der Waals surface area contributed by atoms with Crippen LogP contribution in [0.25, 0.3) is 11.0 Å². The maximum atomic E-state index is 12.0. The number of anilines is 1. The summed E-state index contributed by atoms with van der Waals surface area (Å²) in [5.41, 5.74) is 0.398. The number of fused-ring (bicyclic) bond motifs is 2.